The molecule has 1 fully saturated rings. The Kier molecular flexibility index (Phi) is 3.86. The fourth-order valence-corrected chi connectivity index (χ4v) is 3.56. The summed E-state index contributed by atoms with van der Waals surface area (Å²) in [6.07, 6.45) is 7.51. The maximum Gasteiger partial charge on any atom is 0.168 e. The summed E-state index contributed by atoms with van der Waals surface area (Å²) in [5.74, 6) is 0.989. The predicted octanol–water partition coefficient (Wildman–Crippen LogP) is 3.95. The van der Waals surface area contributed by atoms with Gasteiger partial charge in [0.1, 0.15) is 0 Å². The van der Waals surface area contributed by atoms with Crippen molar-refractivity contribution < 1.29 is 4.42 Å². The van der Waals surface area contributed by atoms with Crippen LogP contribution in [0.1, 0.15) is 36.6 Å². The van der Waals surface area contributed by atoms with Crippen molar-refractivity contribution in [2.24, 2.45) is 10.7 Å². The minimum atomic E-state index is 0.395. The van der Waals surface area contributed by atoms with Crippen LogP contribution in [0, 0.1) is 0 Å². The fraction of sp³-hybridized carbons (Fsp3) is 0.316. The Hall–Kier alpha value is -2.53. The summed E-state index contributed by atoms with van der Waals surface area (Å²) in [4.78, 5) is 10.3. The number of amidine groups is 1. The van der Waals surface area contributed by atoms with E-state index in [1.165, 1.54) is 30.2 Å². The Morgan fingerprint density at radius 3 is 3.04 bits per heavy atom. The van der Waals surface area contributed by atoms with Gasteiger partial charge in [-0.2, -0.15) is 0 Å². The SMILES string of the molecule is CN1CCCCC1c1c[nH]c2ccc(N=C(N)c3ccco3)cc12. The van der Waals surface area contributed by atoms with Crippen LogP contribution in [0.25, 0.3) is 10.9 Å². The van der Waals surface area contributed by atoms with Crippen LogP contribution in [0.15, 0.2) is 52.2 Å². The molecule has 0 spiro atoms. The standard InChI is InChI=1S/C19H22N4O/c1-23-9-3-2-5-17(23)15-12-21-16-8-7-13(11-14(15)16)22-19(20)18-6-4-10-24-18/h4,6-8,10-12,17,21H,2-3,5,9H2,1H3,(H2,20,22). The van der Waals surface area contributed by atoms with E-state index in [1.54, 1.807) is 6.26 Å². The number of H-pyrrole nitrogens is 1. The molecule has 24 heavy (non-hydrogen) atoms. The highest BCUT2D eigenvalue weighted by molar-refractivity contribution is 5.97. The minimum absolute atomic E-state index is 0.395. The van der Waals surface area contributed by atoms with Crippen LogP contribution in [0.5, 0.6) is 0 Å². The maximum atomic E-state index is 6.03. The molecule has 0 aliphatic carbocycles. The van der Waals surface area contributed by atoms with Gasteiger partial charge in [-0.1, -0.05) is 6.42 Å². The van der Waals surface area contributed by atoms with Crippen molar-refractivity contribution in [1.82, 2.24) is 9.88 Å². The molecule has 1 saturated heterocycles. The van der Waals surface area contributed by atoms with Crippen LogP contribution in [0.4, 0.5) is 5.69 Å². The number of nitrogens with two attached hydrogens (primary N) is 1. The molecule has 5 heteroatoms. The smallest absolute Gasteiger partial charge is 0.168 e. The first-order chi connectivity index (χ1) is 11.7. The number of rotatable bonds is 3. The van der Waals surface area contributed by atoms with Crippen LogP contribution in [-0.4, -0.2) is 29.3 Å². The van der Waals surface area contributed by atoms with E-state index in [0.29, 0.717) is 17.6 Å². The number of piperidine rings is 1. The second-order valence-corrected chi connectivity index (χ2v) is 6.44. The third kappa shape index (κ3) is 2.71. The number of hydrogen-bond donors (Lipinski definition) is 2. The van der Waals surface area contributed by atoms with Crippen molar-refractivity contribution in [1.29, 1.82) is 0 Å². The Labute approximate surface area is 141 Å². The van der Waals surface area contributed by atoms with E-state index in [0.717, 1.165) is 17.7 Å². The Morgan fingerprint density at radius 2 is 2.25 bits per heavy atom. The van der Waals surface area contributed by atoms with E-state index in [2.05, 4.69) is 40.3 Å². The van der Waals surface area contributed by atoms with Gasteiger partial charge in [-0.15, -0.1) is 0 Å². The van der Waals surface area contributed by atoms with E-state index in [9.17, 15) is 0 Å². The normalized spacial score (nSPS) is 19.9. The van der Waals surface area contributed by atoms with Gasteiger partial charge in [0.05, 0.1) is 12.0 Å². The maximum absolute atomic E-state index is 6.03. The van der Waals surface area contributed by atoms with Gasteiger partial charge in [-0.05, 0) is 62.3 Å². The Bertz CT molecular complexity index is 863. The van der Waals surface area contributed by atoms with Crippen molar-refractivity contribution in [3.8, 4) is 0 Å². The first-order valence-corrected chi connectivity index (χ1v) is 8.42. The molecule has 0 amide bonds. The molecule has 1 aliphatic rings. The van der Waals surface area contributed by atoms with Gasteiger partial charge in [0.15, 0.2) is 11.6 Å². The fourth-order valence-electron chi connectivity index (χ4n) is 3.56. The van der Waals surface area contributed by atoms with Gasteiger partial charge in [-0.25, -0.2) is 4.99 Å². The lowest BCUT2D eigenvalue weighted by molar-refractivity contribution is 0.188. The average molecular weight is 322 g/mol. The summed E-state index contributed by atoms with van der Waals surface area (Å²) < 4.78 is 5.30. The van der Waals surface area contributed by atoms with Crippen molar-refractivity contribution in [2.75, 3.05) is 13.6 Å². The van der Waals surface area contributed by atoms with Gasteiger partial charge in [0, 0.05) is 23.1 Å². The number of nitrogens with zero attached hydrogens (tertiary/aromatic N) is 2. The topological polar surface area (TPSA) is 70.5 Å². The zero-order valence-corrected chi connectivity index (χ0v) is 13.8. The molecule has 1 aromatic carbocycles. The molecule has 1 unspecified atom stereocenters. The second-order valence-electron chi connectivity index (χ2n) is 6.44. The molecule has 1 atom stereocenters. The zero-order chi connectivity index (χ0) is 16.5. The number of aliphatic imine (C=N–C) groups is 1. The number of aromatic nitrogens is 1. The number of likely N-dealkylation sites (tertiary alicyclic amines) is 1. The molecule has 0 saturated carbocycles. The summed E-state index contributed by atoms with van der Waals surface area (Å²) in [6.45, 7) is 1.15. The summed E-state index contributed by atoms with van der Waals surface area (Å²) >= 11 is 0. The molecule has 3 heterocycles. The number of nitrogens with one attached hydrogen (secondary N) is 1. The molecule has 0 bridgehead atoms. The third-order valence-corrected chi connectivity index (χ3v) is 4.85. The first-order valence-electron chi connectivity index (χ1n) is 8.42. The molecule has 3 N–H and O–H groups in total. The summed E-state index contributed by atoms with van der Waals surface area (Å²) in [7, 11) is 2.21. The van der Waals surface area contributed by atoms with Crippen LogP contribution < -0.4 is 5.73 Å². The lowest BCUT2D eigenvalue weighted by Crippen LogP contribution is -2.29. The molecule has 1 aliphatic heterocycles. The highest BCUT2D eigenvalue weighted by Crippen LogP contribution is 2.35. The molecule has 0 radical (unpaired) electrons. The Balaban J connectivity index is 1.72. The molecular weight excluding hydrogens is 300 g/mol. The van der Waals surface area contributed by atoms with Gasteiger partial charge >= 0.3 is 0 Å². The molecule has 5 nitrogen and oxygen atoms in total. The molecule has 4 rings (SSSR count). The second kappa shape index (κ2) is 6.17. The van der Waals surface area contributed by atoms with Crippen LogP contribution in [0.2, 0.25) is 0 Å². The van der Waals surface area contributed by atoms with E-state index < -0.39 is 0 Å². The van der Waals surface area contributed by atoms with Crippen molar-refractivity contribution in [3.05, 3.63) is 54.1 Å². The van der Waals surface area contributed by atoms with E-state index in [-0.39, 0.29) is 0 Å². The monoisotopic (exact) mass is 322 g/mol. The number of hydrogen-bond acceptors (Lipinski definition) is 3. The van der Waals surface area contributed by atoms with Gasteiger partial charge < -0.3 is 15.1 Å². The van der Waals surface area contributed by atoms with Crippen LogP contribution in [-0.2, 0) is 0 Å². The lowest BCUT2D eigenvalue weighted by Gasteiger charge is -2.32. The number of furan rings is 1. The van der Waals surface area contributed by atoms with Crippen molar-refractivity contribution in [2.45, 2.75) is 25.3 Å². The summed E-state index contributed by atoms with van der Waals surface area (Å²) in [6, 6.07) is 10.2. The zero-order valence-electron chi connectivity index (χ0n) is 13.8. The predicted molar refractivity (Wildman–Crippen MR) is 96.6 cm³/mol. The molecular formula is C19H22N4O. The lowest BCUT2D eigenvalue weighted by atomic mass is 9.95. The molecule has 3 aromatic rings. The Morgan fingerprint density at radius 1 is 1.33 bits per heavy atom. The average Bonchev–Trinajstić information content (AvgIpc) is 3.25. The van der Waals surface area contributed by atoms with E-state index >= 15 is 0 Å². The quantitative estimate of drug-likeness (QED) is 0.566. The number of aromatic amines is 1. The number of fused-ring (bicyclic) bond motifs is 1. The van der Waals surface area contributed by atoms with Gasteiger partial charge in [0.25, 0.3) is 0 Å². The van der Waals surface area contributed by atoms with Gasteiger partial charge in [0.2, 0.25) is 0 Å². The van der Waals surface area contributed by atoms with Crippen LogP contribution >= 0.6 is 0 Å². The summed E-state index contributed by atoms with van der Waals surface area (Å²) in [5, 5.41) is 1.22. The first kappa shape index (κ1) is 15.0. The van der Waals surface area contributed by atoms with Crippen molar-refractivity contribution >= 4 is 22.4 Å². The van der Waals surface area contributed by atoms with Crippen molar-refractivity contribution in [3.63, 3.8) is 0 Å². The highest BCUT2D eigenvalue weighted by Gasteiger charge is 2.23. The summed E-state index contributed by atoms with van der Waals surface area (Å²) in [5.41, 5.74) is 9.36. The van der Waals surface area contributed by atoms with Gasteiger partial charge in [-0.3, -0.25) is 4.90 Å². The molecule has 124 valence electrons. The highest BCUT2D eigenvalue weighted by atomic mass is 16.3. The van der Waals surface area contributed by atoms with E-state index in [4.69, 9.17) is 10.2 Å². The van der Waals surface area contributed by atoms with E-state index in [1.807, 2.05) is 18.2 Å². The third-order valence-electron chi connectivity index (χ3n) is 4.85. The molecule has 2 aromatic heterocycles. The largest absolute Gasteiger partial charge is 0.461 e. The van der Waals surface area contributed by atoms with Crippen LogP contribution in [0.3, 0.4) is 0 Å². The minimum Gasteiger partial charge on any atom is -0.461 e. The number of benzene rings is 1.